The zero-order valence-electron chi connectivity index (χ0n) is 23.1. The molecule has 0 saturated heterocycles. The summed E-state index contributed by atoms with van der Waals surface area (Å²) in [6.07, 6.45) is 2.53. The first-order valence-electron chi connectivity index (χ1n) is 12.4. The molecule has 0 aromatic rings. The number of carbonyl (C=O) groups is 2. The van der Waals surface area contributed by atoms with E-state index in [0.29, 0.717) is 66.1 Å². The smallest absolute Gasteiger partial charge is 0.548 e. The maximum atomic E-state index is 10.00. The van der Waals surface area contributed by atoms with Gasteiger partial charge in [0.2, 0.25) is 0 Å². The Hall–Kier alpha value is -0.757. The molecule has 0 aliphatic rings. The van der Waals surface area contributed by atoms with Gasteiger partial charge in [0.15, 0.2) is 0 Å². The number of carboxylic acid groups (broad SMARTS) is 2. The number of carboxylic acids is 2. The topological polar surface area (TPSA) is 154 Å². The summed E-state index contributed by atoms with van der Waals surface area (Å²) in [7, 11) is 0. The third-order valence-electron chi connectivity index (χ3n) is 4.34. The maximum Gasteiger partial charge on any atom is 2.00 e. The van der Waals surface area contributed by atoms with Gasteiger partial charge >= 0.3 is 19.5 Å². The van der Waals surface area contributed by atoms with Crippen LogP contribution in [0.5, 0.6) is 0 Å². The van der Waals surface area contributed by atoms with Gasteiger partial charge in [-0.05, 0) is 26.7 Å². The third-order valence-corrected chi connectivity index (χ3v) is 4.34. The van der Waals surface area contributed by atoms with Crippen molar-refractivity contribution in [2.45, 2.75) is 52.7 Å². The summed E-state index contributed by atoms with van der Waals surface area (Å²) >= 11 is 0. The van der Waals surface area contributed by atoms with Crippen molar-refractivity contribution in [2.75, 3.05) is 92.5 Å². The number of carbonyl (C=O) groups excluding carboxylic acids is 2. The van der Waals surface area contributed by atoms with Crippen LogP contribution in [0.2, 0.25) is 0 Å². The number of hydrogen-bond acceptors (Lipinski definition) is 12. The Morgan fingerprint density at radius 2 is 0.757 bits per heavy atom. The molecule has 0 N–H and O–H groups in total. The van der Waals surface area contributed by atoms with Gasteiger partial charge in [-0.3, -0.25) is 0 Å². The van der Waals surface area contributed by atoms with Crippen molar-refractivity contribution in [3.8, 4) is 0 Å². The van der Waals surface area contributed by atoms with Crippen LogP contribution < -0.4 is 10.2 Å². The van der Waals surface area contributed by atoms with Crippen LogP contribution in [0, 0.1) is 0 Å². The van der Waals surface area contributed by atoms with Crippen LogP contribution in [-0.4, -0.2) is 117 Å². The molecule has 0 aliphatic heterocycles. The van der Waals surface area contributed by atoms with E-state index in [2.05, 4.69) is 13.8 Å². The summed E-state index contributed by atoms with van der Waals surface area (Å²) in [5.74, 6) is -2.45. The van der Waals surface area contributed by atoms with Crippen LogP contribution in [0.25, 0.3) is 0 Å². The molecule has 12 nitrogen and oxygen atoms in total. The molecule has 2 unspecified atom stereocenters. The molecule has 216 valence electrons. The molecule has 0 heterocycles. The first-order valence-corrected chi connectivity index (χ1v) is 12.4. The van der Waals surface area contributed by atoms with Gasteiger partial charge in [0.1, 0.15) is 0 Å². The van der Waals surface area contributed by atoms with Crippen molar-refractivity contribution in [3.05, 3.63) is 0 Å². The second-order valence-electron chi connectivity index (χ2n) is 7.48. The van der Waals surface area contributed by atoms with Crippen molar-refractivity contribution < 1.29 is 77.2 Å². The monoisotopic (exact) mass is 590 g/mol. The van der Waals surface area contributed by atoms with Gasteiger partial charge in [-0.15, -0.1) is 0 Å². The fourth-order valence-electron chi connectivity index (χ4n) is 2.04. The molecule has 0 radical (unpaired) electrons. The molecule has 0 aliphatic carbocycles. The molecule has 37 heavy (non-hydrogen) atoms. The average molecular weight is 592 g/mol. The van der Waals surface area contributed by atoms with E-state index in [1.165, 1.54) is 0 Å². The minimum atomic E-state index is -1.22. The Bertz CT molecular complexity index is 443. The maximum absolute atomic E-state index is 10.00. The number of ether oxygens (including phenoxy) is 8. The molecule has 2 atom stereocenters. The fourth-order valence-corrected chi connectivity index (χ4v) is 2.04. The minimum absolute atomic E-state index is 0. The van der Waals surface area contributed by atoms with E-state index >= 15 is 0 Å². The predicted molar refractivity (Wildman–Crippen MR) is 126 cm³/mol. The van der Waals surface area contributed by atoms with E-state index in [-0.39, 0.29) is 44.9 Å². The molecule has 0 aromatic heterocycles. The molecular weight excluding hydrogens is 546 g/mol. The molecule has 0 bridgehead atoms. The van der Waals surface area contributed by atoms with Crippen LogP contribution >= 0.6 is 0 Å². The van der Waals surface area contributed by atoms with Crippen molar-refractivity contribution in [1.82, 2.24) is 0 Å². The van der Waals surface area contributed by atoms with Crippen LogP contribution in [0.4, 0.5) is 0 Å². The molecule has 13 heteroatoms. The summed E-state index contributed by atoms with van der Waals surface area (Å²) in [6.45, 7) is 12.7. The number of rotatable bonds is 26. The summed E-state index contributed by atoms with van der Waals surface area (Å²) in [5.41, 5.74) is 0. The van der Waals surface area contributed by atoms with E-state index in [9.17, 15) is 19.8 Å². The fraction of sp³-hybridized carbons (Fsp3) is 0.917. The van der Waals surface area contributed by atoms with Crippen molar-refractivity contribution in [1.29, 1.82) is 0 Å². The minimum Gasteiger partial charge on any atom is -0.548 e. The molecule has 0 fully saturated rings. The van der Waals surface area contributed by atoms with Gasteiger partial charge < -0.3 is 57.7 Å². The van der Waals surface area contributed by atoms with Crippen LogP contribution in [0.1, 0.15) is 40.5 Å². The molecule has 0 aromatic carbocycles. The SMILES string of the molecule is CCC(C)OCCOCCOCCOCC(=O)[O-].CCC(C)OCCOCCOCCOCC(=O)[O-].[Zn+2]. The summed E-state index contributed by atoms with van der Waals surface area (Å²) in [5, 5.41) is 20.0. The van der Waals surface area contributed by atoms with E-state index in [1.807, 2.05) is 13.8 Å². The molecule has 0 spiro atoms. The van der Waals surface area contributed by atoms with Crippen molar-refractivity contribution in [2.24, 2.45) is 0 Å². The second-order valence-corrected chi connectivity index (χ2v) is 7.48. The average Bonchev–Trinajstić information content (AvgIpc) is 2.85. The summed E-state index contributed by atoms with van der Waals surface area (Å²) < 4.78 is 41.2. The Kier molecular flexibility index (Phi) is 36.6. The summed E-state index contributed by atoms with van der Waals surface area (Å²) in [4.78, 5) is 20.0. The molecule has 0 amide bonds. The molecular formula is C24H46O12Zn. The van der Waals surface area contributed by atoms with E-state index in [0.717, 1.165) is 12.8 Å². The van der Waals surface area contributed by atoms with Gasteiger partial charge in [0.05, 0.1) is 117 Å². The van der Waals surface area contributed by atoms with Gasteiger partial charge in [0.25, 0.3) is 0 Å². The van der Waals surface area contributed by atoms with Crippen LogP contribution in [0.3, 0.4) is 0 Å². The van der Waals surface area contributed by atoms with Gasteiger partial charge in [-0.25, -0.2) is 0 Å². The van der Waals surface area contributed by atoms with Crippen molar-refractivity contribution >= 4 is 11.9 Å². The Labute approximate surface area is 234 Å². The zero-order chi connectivity index (χ0) is 27.3. The standard InChI is InChI=1S/2C12H24O6.Zn/c2*1-3-11(2)18-9-8-16-5-4-15-6-7-17-10-12(13)14;/h2*11H,3-10H2,1-2H3,(H,13,14);/q;;+2/p-2. The quantitative estimate of drug-likeness (QED) is 0.0913. The third kappa shape index (κ3) is 39.9. The first-order chi connectivity index (χ1) is 17.3. The molecule has 0 saturated carbocycles. The van der Waals surface area contributed by atoms with Crippen LogP contribution in [-0.2, 0) is 67.0 Å². The van der Waals surface area contributed by atoms with Gasteiger partial charge in [0, 0.05) is 0 Å². The number of hydrogen-bond donors (Lipinski definition) is 0. The largest absolute Gasteiger partial charge is 2.00 e. The normalized spacial score (nSPS) is 12.2. The van der Waals surface area contributed by atoms with Gasteiger partial charge in [-0.2, -0.15) is 0 Å². The van der Waals surface area contributed by atoms with Gasteiger partial charge in [-0.1, -0.05) is 13.8 Å². The van der Waals surface area contributed by atoms with Crippen molar-refractivity contribution in [3.63, 3.8) is 0 Å². The Balaban J connectivity index is -0.000000608. The number of aliphatic carboxylic acids is 2. The van der Waals surface area contributed by atoms with E-state index in [4.69, 9.17) is 37.9 Å². The zero-order valence-corrected chi connectivity index (χ0v) is 26.0. The summed E-state index contributed by atoms with van der Waals surface area (Å²) in [6, 6.07) is 0. The predicted octanol–water partition coefficient (Wildman–Crippen LogP) is -0.800. The van der Waals surface area contributed by atoms with E-state index in [1.54, 1.807) is 0 Å². The Morgan fingerprint density at radius 3 is 1.00 bits per heavy atom. The van der Waals surface area contributed by atoms with Crippen LogP contribution in [0.15, 0.2) is 0 Å². The van der Waals surface area contributed by atoms with E-state index < -0.39 is 25.2 Å². The Morgan fingerprint density at radius 1 is 0.514 bits per heavy atom. The molecule has 0 rings (SSSR count). The first kappa shape index (κ1) is 40.7. The second kappa shape index (κ2) is 33.3.